The van der Waals surface area contributed by atoms with Gasteiger partial charge in [0.15, 0.2) is 5.82 Å². The van der Waals surface area contributed by atoms with Gasteiger partial charge in [0.2, 0.25) is 5.91 Å². The number of rotatable bonds is 6. The molecular formula is C32H36ClFN8O2. The third-order valence-corrected chi connectivity index (χ3v) is 8.81. The first kappa shape index (κ1) is 31.0. The number of aryl methyl sites for hydroxylation is 2. The predicted octanol–water partition coefficient (Wildman–Crippen LogP) is 5.37. The van der Waals surface area contributed by atoms with Gasteiger partial charge < -0.3 is 36.7 Å². The maximum Gasteiger partial charge on any atom is 0.246 e. The Morgan fingerprint density at radius 1 is 1.25 bits per heavy atom. The van der Waals surface area contributed by atoms with Crippen molar-refractivity contribution in [2.45, 2.75) is 45.9 Å². The molecular weight excluding hydrogens is 583 g/mol. The third-order valence-electron chi connectivity index (χ3n) is 8.43. The number of piperazine rings is 1. The Balaban J connectivity index is 1.80. The maximum atomic E-state index is 17.0. The number of aliphatic hydroxyl groups excluding tert-OH is 1. The summed E-state index contributed by atoms with van der Waals surface area (Å²) < 4.78 is 17.0. The summed E-state index contributed by atoms with van der Waals surface area (Å²) in [6.07, 6.45) is 3.00. The van der Waals surface area contributed by atoms with E-state index >= 15 is 4.39 Å². The van der Waals surface area contributed by atoms with E-state index in [0.717, 1.165) is 11.8 Å². The van der Waals surface area contributed by atoms with Crippen LogP contribution in [0.15, 0.2) is 37.1 Å². The van der Waals surface area contributed by atoms with E-state index in [1.54, 1.807) is 43.1 Å². The number of amidine groups is 1. The van der Waals surface area contributed by atoms with Gasteiger partial charge in [-0.05, 0) is 62.6 Å². The Morgan fingerprint density at radius 3 is 2.64 bits per heavy atom. The molecule has 3 atom stereocenters. The van der Waals surface area contributed by atoms with Crippen LogP contribution >= 0.6 is 11.6 Å². The summed E-state index contributed by atoms with van der Waals surface area (Å²) in [7, 11) is 0. The Kier molecular flexibility index (Phi) is 8.37. The Hall–Kier alpha value is -4.48. The van der Waals surface area contributed by atoms with Crippen molar-refractivity contribution in [2.24, 2.45) is 0 Å². The van der Waals surface area contributed by atoms with Gasteiger partial charge in [-0.3, -0.25) is 15.2 Å². The quantitative estimate of drug-likeness (QED) is 0.123. The smallest absolute Gasteiger partial charge is 0.246 e. The van der Waals surface area contributed by atoms with Crippen LogP contribution in [0.1, 0.15) is 47.9 Å². The molecule has 3 heterocycles. The van der Waals surface area contributed by atoms with Gasteiger partial charge in [-0.15, -0.1) is 0 Å². The molecule has 5 rings (SSSR count). The molecule has 10 nitrogen and oxygen atoms in total. The standard InChI is InChI=1S/C32H36ClFN8O2/c1-6-22(44)41-14-19-12-39-31-25(32(37)42(19)13-17(41)4)30(40-28-16(3)9-10-38-29(28)18(5)43)26(33)24(27(31)34)23-15(2)7-8-21(36)20(23)11-35/h6-11,17-19,35,37,39-40,43H,1,12-14,36H2,2-5H3. The molecule has 0 spiro atoms. The van der Waals surface area contributed by atoms with E-state index < -0.39 is 11.9 Å². The molecule has 1 saturated heterocycles. The van der Waals surface area contributed by atoms with Crippen LogP contribution in [0.2, 0.25) is 5.02 Å². The molecule has 2 aliphatic rings. The van der Waals surface area contributed by atoms with Gasteiger partial charge in [-0.25, -0.2) is 4.39 Å². The molecule has 0 bridgehead atoms. The van der Waals surface area contributed by atoms with Gasteiger partial charge in [-0.2, -0.15) is 0 Å². The number of benzene rings is 2. The number of carbonyl (C=O) groups is 1. The van der Waals surface area contributed by atoms with Crippen molar-refractivity contribution in [2.75, 3.05) is 36.0 Å². The molecule has 230 valence electrons. The van der Waals surface area contributed by atoms with Crippen molar-refractivity contribution in [1.29, 1.82) is 10.8 Å². The molecule has 2 aromatic carbocycles. The number of nitrogens with one attached hydrogen (secondary N) is 4. The van der Waals surface area contributed by atoms with Gasteiger partial charge in [0.1, 0.15) is 5.84 Å². The number of pyridine rings is 1. The minimum absolute atomic E-state index is 0.0173. The number of aromatic nitrogens is 1. The number of halogens is 2. The van der Waals surface area contributed by atoms with E-state index in [-0.39, 0.29) is 57.9 Å². The van der Waals surface area contributed by atoms with Gasteiger partial charge in [0, 0.05) is 54.9 Å². The van der Waals surface area contributed by atoms with Crippen molar-refractivity contribution in [3.8, 4) is 11.1 Å². The molecule has 0 saturated carbocycles. The fraction of sp³-hybridized carbons (Fsp3) is 0.312. The van der Waals surface area contributed by atoms with Crippen LogP contribution in [0.3, 0.4) is 0 Å². The highest BCUT2D eigenvalue weighted by atomic mass is 35.5. The average Bonchev–Trinajstić information content (AvgIpc) is 3.13. The zero-order chi connectivity index (χ0) is 32.0. The van der Waals surface area contributed by atoms with Gasteiger partial charge in [0.05, 0.1) is 45.5 Å². The molecule has 44 heavy (non-hydrogen) atoms. The van der Waals surface area contributed by atoms with Crippen LogP contribution < -0.4 is 16.4 Å². The second-order valence-electron chi connectivity index (χ2n) is 11.3. The van der Waals surface area contributed by atoms with Crippen molar-refractivity contribution in [3.05, 3.63) is 75.8 Å². The highest BCUT2D eigenvalue weighted by molar-refractivity contribution is 6.38. The lowest BCUT2D eigenvalue weighted by molar-refractivity contribution is -0.130. The lowest BCUT2D eigenvalue weighted by Gasteiger charge is -2.45. The summed E-state index contributed by atoms with van der Waals surface area (Å²) in [6.45, 7) is 11.6. The van der Waals surface area contributed by atoms with Crippen molar-refractivity contribution in [1.82, 2.24) is 14.8 Å². The number of amides is 1. The van der Waals surface area contributed by atoms with Crippen molar-refractivity contribution < 1.29 is 14.3 Å². The summed E-state index contributed by atoms with van der Waals surface area (Å²) in [5.74, 6) is -0.875. The minimum Gasteiger partial charge on any atom is -0.398 e. The molecule has 1 amide bonds. The minimum atomic E-state index is -0.936. The molecule has 0 radical (unpaired) electrons. The van der Waals surface area contributed by atoms with E-state index in [9.17, 15) is 15.3 Å². The highest BCUT2D eigenvalue weighted by Gasteiger charge is 2.40. The molecule has 12 heteroatoms. The number of hydrogen-bond donors (Lipinski definition) is 6. The Labute approximate surface area is 260 Å². The van der Waals surface area contributed by atoms with Crippen LogP contribution in [0.5, 0.6) is 0 Å². The number of nitrogens with two attached hydrogens (primary N) is 1. The summed E-state index contributed by atoms with van der Waals surface area (Å²) >= 11 is 7.17. The Bertz CT molecular complexity index is 1710. The van der Waals surface area contributed by atoms with Crippen LogP contribution in [0.25, 0.3) is 11.1 Å². The fourth-order valence-corrected chi connectivity index (χ4v) is 6.44. The molecule has 0 aliphatic carbocycles. The van der Waals surface area contributed by atoms with E-state index in [1.807, 2.05) is 18.7 Å². The van der Waals surface area contributed by atoms with Crippen molar-refractivity contribution >= 4 is 52.3 Å². The summed E-state index contributed by atoms with van der Waals surface area (Å²) in [6, 6.07) is 4.60. The molecule has 1 fully saturated rings. The number of hydrogen-bond acceptors (Lipinski definition) is 8. The highest BCUT2D eigenvalue weighted by Crippen LogP contribution is 2.48. The molecule has 7 N–H and O–H groups in total. The van der Waals surface area contributed by atoms with E-state index in [1.165, 1.54) is 6.08 Å². The first-order valence-electron chi connectivity index (χ1n) is 14.3. The lowest BCUT2D eigenvalue weighted by atomic mass is 9.91. The van der Waals surface area contributed by atoms with E-state index in [2.05, 4.69) is 22.2 Å². The zero-order valence-corrected chi connectivity index (χ0v) is 25.8. The average molecular weight is 619 g/mol. The largest absolute Gasteiger partial charge is 0.398 e. The number of nitrogen functional groups attached to an aromatic ring is 1. The van der Waals surface area contributed by atoms with E-state index in [0.29, 0.717) is 46.8 Å². The fourth-order valence-electron chi connectivity index (χ4n) is 6.12. The normalized spacial score (nSPS) is 18.5. The van der Waals surface area contributed by atoms with Crippen LogP contribution in [-0.2, 0) is 4.79 Å². The van der Waals surface area contributed by atoms with Crippen LogP contribution in [-0.4, -0.2) is 69.6 Å². The second-order valence-corrected chi connectivity index (χ2v) is 11.7. The molecule has 3 aromatic rings. The van der Waals surface area contributed by atoms with Crippen LogP contribution in [0, 0.1) is 30.5 Å². The number of aliphatic hydroxyl groups is 1. The Morgan fingerprint density at radius 2 is 1.98 bits per heavy atom. The van der Waals surface area contributed by atoms with Gasteiger partial charge in [-0.1, -0.05) is 24.2 Å². The third kappa shape index (κ3) is 5.05. The van der Waals surface area contributed by atoms with E-state index in [4.69, 9.17) is 22.7 Å². The van der Waals surface area contributed by atoms with Gasteiger partial charge >= 0.3 is 0 Å². The monoisotopic (exact) mass is 618 g/mol. The number of carbonyl (C=O) groups excluding carboxylic acids is 1. The molecule has 1 aromatic heterocycles. The first-order valence-corrected chi connectivity index (χ1v) is 14.7. The predicted molar refractivity (Wildman–Crippen MR) is 174 cm³/mol. The number of fused-ring (bicyclic) bond motifs is 2. The second kappa shape index (κ2) is 11.9. The number of anilines is 4. The summed E-state index contributed by atoms with van der Waals surface area (Å²) in [5.41, 5.74) is 9.96. The number of nitrogens with zero attached hydrogens (tertiary/aromatic N) is 3. The summed E-state index contributed by atoms with van der Waals surface area (Å²) in [5, 5.41) is 34.6. The summed E-state index contributed by atoms with van der Waals surface area (Å²) in [4.78, 5) is 20.5. The SMILES string of the molecule is C=CC(=O)N1CC2CNc3c(F)c(-c4c(C)ccc(N)c4C=N)c(Cl)c(Nc4c(C)ccnc4C(C)O)c3C(=N)N2CC1C. The van der Waals surface area contributed by atoms with Gasteiger partial charge in [0.25, 0.3) is 0 Å². The zero-order valence-electron chi connectivity index (χ0n) is 25.1. The molecule has 2 aliphatic heterocycles. The lowest BCUT2D eigenvalue weighted by Crippen LogP contribution is -2.61. The van der Waals surface area contributed by atoms with Crippen LogP contribution in [0.4, 0.5) is 27.1 Å². The maximum absolute atomic E-state index is 17.0. The topological polar surface area (TPSA) is 154 Å². The van der Waals surface area contributed by atoms with Crippen molar-refractivity contribution in [3.63, 3.8) is 0 Å². The first-order chi connectivity index (χ1) is 20.9. The molecule has 3 unspecified atom stereocenters.